The van der Waals surface area contributed by atoms with E-state index in [-0.39, 0.29) is 16.1 Å². The fourth-order valence-corrected chi connectivity index (χ4v) is 4.29. The van der Waals surface area contributed by atoms with E-state index in [2.05, 4.69) is 15.9 Å². The van der Waals surface area contributed by atoms with E-state index >= 15 is 0 Å². The third-order valence-corrected chi connectivity index (χ3v) is 6.40. The van der Waals surface area contributed by atoms with Crippen LogP contribution in [0, 0.1) is 6.92 Å². The van der Waals surface area contributed by atoms with Crippen molar-refractivity contribution in [3.63, 3.8) is 0 Å². The third-order valence-electron chi connectivity index (χ3n) is 4.14. The molecule has 0 aliphatic carbocycles. The first-order valence-electron chi connectivity index (χ1n) is 8.39. The Bertz CT molecular complexity index is 1080. The van der Waals surface area contributed by atoms with Crippen molar-refractivity contribution in [2.45, 2.75) is 11.8 Å². The summed E-state index contributed by atoms with van der Waals surface area (Å²) >= 11 is 3.32. The minimum Gasteiger partial charge on any atom is -0.497 e. The van der Waals surface area contributed by atoms with Crippen LogP contribution in [-0.4, -0.2) is 21.4 Å². The molecule has 0 saturated carbocycles. The Kier molecular flexibility index (Phi) is 5.86. The molecule has 0 bridgehead atoms. The Morgan fingerprint density at radius 3 is 2.00 bits per heavy atom. The van der Waals surface area contributed by atoms with Crippen LogP contribution in [0.2, 0.25) is 0 Å². The molecule has 1 amide bonds. The van der Waals surface area contributed by atoms with Gasteiger partial charge in [0.2, 0.25) is 0 Å². The van der Waals surface area contributed by atoms with Crippen LogP contribution in [-0.2, 0) is 10.0 Å². The molecule has 0 heterocycles. The van der Waals surface area contributed by atoms with Crippen molar-refractivity contribution >= 4 is 37.5 Å². The summed E-state index contributed by atoms with van der Waals surface area (Å²) in [4.78, 5) is 13.2. The van der Waals surface area contributed by atoms with Gasteiger partial charge in [0.1, 0.15) is 5.75 Å². The molecule has 144 valence electrons. The number of hydrogen-bond acceptors (Lipinski definition) is 4. The Morgan fingerprint density at radius 1 is 0.893 bits per heavy atom. The van der Waals surface area contributed by atoms with Gasteiger partial charge in [0.15, 0.2) is 0 Å². The molecule has 0 aromatic heterocycles. The van der Waals surface area contributed by atoms with Gasteiger partial charge < -0.3 is 4.74 Å². The summed E-state index contributed by atoms with van der Waals surface area (Å²) < 4.78 is 33.4. The standard InChI is InChI=1S/C21H18BrNO4S/c1-15-3-13-20(14-4-15)28(25,26)23(18-9-11-19(27-2)12-10-18)21(24)16-5-7-17(22)8-6-16/h3-14H,1-2H3. The van der Waals surface area contributed by atoms with Gasteiger partial charge in [-0.25, -0.2) is 8.42 Å². The number of rotatable bonds is 5. The van der Waals surface area contributed by atoms with E-state index in [1.165, 1.54) is 19.2 Å². The zero-order valence-corrected chi connectivity index (χ0v) is 17.7. The maximum absolute atomic E-state index is 13.3. The van der Waals surface area contributed by atoms with Gasteiger partial charge in [-0.05, 0) is 67.6 Å². The number of halogens is 1. The van der Waals surface area contributed by atoms with Crippen molar-refractivity contribution in [3.8, 4) is 5.75 Å². The second-order valence-corrected chi connectivity index (χ2v) is 8.79. The summed E-state index contributed by atoms with van der Waals surface area (Å²) in [5, 5.41) is 0. The molecule has 0 aliphatic rings. The number of carbonyl (C=O) groups excluding carboxylic acids is 1. The van der Waals surface area contributed by atoms with Crippen molar-refractivity contribution in [2.24, 2.45) is 0 Å². The predicted octanol–water partition coefficient (Wildman–Crippen LogP) is 4.80. The number of amides is 1. The van der Waals surface area contributed by atoms with Crippen LogP contribution in [0.4, 0.5) is 5.69 Å². The average Bonchev–Trinajstić information content (AvgIpc) is 2.69. The van der Waals surface area contributed by atoms with Gasteiger partial charge in [-0.2, -0.15) is 4.31 Å². The maximum atomic E-state index is 13.3. The summed E-state index contributed by atoms with van der Waals surface area (Å²) in [6, 6.07) is 19.2. The molecule has 3 aromatic carbocycles. The molecule has 7 heteroatoms. The third kappa shape index (κ3) is 4.10. The number of benzene rings is 3. The number of ether oxygens (including phenoxy) is 1. The monoisotopic (exact) mass is 459 g/mol. The molecule has 0 spiro atoms. The number of anilines is 1. The van der Waals surface area contributed by atoms with Crippen LogP contribution >= 0.6 is 15.9 Å². The first-order valence-corrected chi connectivity index (χ1v) is 10.6. The Balaban J connectivity index is 2.13. The highest BCUT2D eigenvalue weighted by atomic mass is 79.9. The van der Waals surface area contributed by atoms with Gasteiger partial charge in [0, 0.05) is 10.0 Å². The van der Waals surface area contributed by atoms with E-state index in [0.717, 1.165) is 14.3 Å². The summed E-state index contributed by atoms with van der Waals surface area (Å²) in [5.41, 5.74) is 1.41. The predicted molar refractivity (Wildman–Crippen MR) is 112 cm³/mol. The number of methoxy groups -OCH3 is 1. The van der Waals surface area contributed by atoms with Crippen LogP contribution in [0.3, 0.4) is 0 Å². The topological polar surface area (TPSA) is 63.7 Å². The largest absolute Gasteiger partial charge is 0.497 e. The summed E-state index contributed by atoms with van der Waals surface area (Å²) in [6.07, 6.45) is 0. The van der Waals surface area contributed by atoms with Crippen LogP contribution in [0.25, 0.3) is 0 Å². The van der Waals surface area contributed by atoms with Gasteiger partial charge in [-0.3, -0.25) is 4.79 Å². The molecule has 0 aliphatic heterocycles. The van der Waals surface area contributed by atoms with Crippen LogP contribution in [0.15, 0.2) is 82.2 Å². The minimum atomic E-state index is -4.12. The van der Waals surface area contributed by atoms with Crippen molar-refractivity contribution in [1.29, 1.82) is 0 Å². The summed E-state index contributed by atoms with van der Waals surface area (Å²) in [6.45, 7) is 1.87. The smallest absolute Gasteiger partial charge is 0.272 e. The molecular formula is C21H18BrNO4S. The Hall–Kier alpha value is -2.64. The highest BCUT2D eigenvalue weighted by Crippen LogP contribution is 2.28. The number of aryl methyl sites for hydroxylation is 1. The normalized spacial score (nSPS) is 11.1. The van der Waals surface area contributed by atoms with E-state index in [4.69, 9.17) is 4.74 Å². The van der Waals surface area contributed by atoms with Crippen molar-refractivity contribution in [2.75, 3.05) is 11.4 Å². The van der Waals surface area contributed by atoms with Gasteiger partial charge >= 0.3 is 0 Å². The lowest BCUT2D eigenvalue weighted by molar-refractivity contribution is 0.101. The molecule has 28 heavy (non-hydrogen) atoms. The van der Waals surface area contributed by atoms with E-state index in [9.17, 15) is 13.2 Å². The van der Waals surface area contributed by atoms with E-state index < -0.39 is 15.9 Å². The van der Waals surface area contributed by atoms with Crippen molar-refractivity contribution in [3.05, 3.63) is 88.4 Å². The lowest BCUT2D eigenvalue weighted by atomic mass is 10.2. The second-order valence-electron chi connectivity index (χ2n) is 6.09. The van der Waals surface area contributed by atoms with E-state index in [1.807, 2.05) is 6.92 Å². The fraction of sp³-hybridized carbons (Fsp3) is 0.0952. The molecule has 0 radical (unpaired) electrons. The number of hydrogen-bond donors (Lipinski definition) is 0. The first-order chi connectivity index (χ1) is 13.3. The molecule has 0 atom stereocenters. The molecule has 0 fully saturated rings. The average molecular weight is 460 g/mol. The summed E-state index contributed by atoms with van der Waals surface area (Å²) in [5.74, 6) is -0.0780. The van der Waals surface area contributed by atoms with Crippen LogP contribution in [0.1, 0.15) is 15.9 Å². The van der Waals surface area contributed by atoms with Crippen molar-refractivity contribution < 1.29 is 17.9 Å². The zero-order chi connectivity index (χ0) is 20.3. The SMILES string of the molecule is COc1ccc(N(C(=O)c2ccc(Br)cc2)S(=O)(=O)c2ccc(C)cc2)cc1. The lowest BCUT2D eigenvalue weighted by Crippen LogP contribution is -2.37. The van der Waals surface area contributed by atoms with E-state index in [0.29, 0.717) is 5.75 Å². The highest BCUT2D eigenvalue weighted by molar-refractivity contribution is 9.10. The first kappa shape index (κ1) is 20.1. The summed E-state index contributed by atoms with van der Waals surface area (Å²) in [7, 11) is -2.60. The zero-order valence-electron chi connectivity index (χ0n) is 15.3. The van der Waals surface area contributed by atoms with E-state index in [1.54, 1.807) is 60.7 Å². The molecule has 0 unspecified atom stereocenters. The molecule has 5 nitrogen and oxygen atoms in total. The second kappa shape index (κ2) is 8.16. The van der Waals surface area contributed by atoms with Gasteiger partial charge in [0.25, 0.3) is 15.9 Å². The lowest BCUT2D eigenvalue weighted by Gasteiger charge is -2.23. The molecule has 0 saturated heterocycles. The van der Waals surface area contributed by atoms with Crippen LogP contribution in [0.5, 0.6) is 5.75 Å². The number of sulfonamides is 1. The highest BCUT2D eigenvalue weighted by Gasteiger charge is 2.31. The van der Waals surface area contributed by atoms with Gasteiger partial charge in [-0.15, -0.1) is 0 Å². The Labute approximate surface area is 172 Å². The van der Waals surface area contributed by atoms with Crippen molar-refractivity contribution in [1.82, 2.24) is 0 Å². The number of carbonyl (C=O) groups is 1. The van der Waals surface area contributed by atoms with Gasteiger partial charge in [0.05, 0.1) is 17.7 Å². The van der Waals surface area contributed by atoms with Gasteiger partial charge in [-0.1, -0.05) is 33.6 Å². The molecule has 3 rings (SSSR count). The van der Waals surface area contributed by atoms with Crippen LogP contribution < -0.4 is 9.04 Å². The quantitative estimate of drug-likeness (QED) is 0.549. The minimum absolute atomic E-state index is 0.0411. The molecular weight excluding hydrogens is 442 g/mol. The maximum Gasteiger partial charge on any atom is 0.272 e. The molecule has 3 aromatic rings. The fourth-order valence-electron chi connectivity index (χ4n) is 2.61. The Morgan fingerprint density at radius 2 is 1.46 bits per heavy atom. The molecule has 0 N–H and O–H groups in total. The number of nitrogens with zero attached hydrogens (tertiary/aromatic N) is 1.